The summed E-state index contributed by atoms with van der Waals surface area (Å²) in [6.07, 6.45) is 0.991. The molecular weight excluding hydrogens is 249 g/mol. The number of halogens is 2. The zero-order chi connectivity index (χ0) is 13.1. The van der Waals surface area contributed by atoms with E-state index in [1.54, 1.807) is 6.07 Å². The van der Waals surface area contributed by atoms with Gasteiger partial charge in [0.2, 0.25) is 0 Å². The molecule has 0 aliphatic heterocycles. The molecule has 0 heterocycles. The maximum atomic E-state index is 13.4. The van der Waals surface area contributed by atoms with Crippen molar-refractivity contribution in [3.8, 4) is 0 Å². The molecule has 94 valence electrons. The standard InChI is InChI=1S/C15H15ClFN/c1-2-10-3-5-11(6-4-10)15(18)12-7-8-13(16)14(17)9-12/h3-9,15H,2,18H2,1H3. The molecule has 2 N–H and O–H groups in total. The normalized spacial score (nSPS) is 12.4. The van der Waals surface area contributed by atoms with E-state index in [4.69, 9.17) is 17.3 Å². The SMILES string of the molecule is CCc1ccc(C(N)c2ccc(Cl)c(F)c2)cc1. The van der Waals surface area contributed by atoms with E-state index in [2.05, 4.69) is 6.92 Å². The largest absolute Gasteiger partial charge is 0.320 e. The Balaban J connectivity index is 2.28. The van der Waals surface area contributed by atoms with Crippen LogP contribution >= 0.6 is 11.6 Å². The summed E-state index contributed by atoms with van der Waals surface area (Å²) in [5.41, 5.74) is 9.06. The van der Waals surface area contributed by atoms with Crippen molar-refractivity contribution in [2.75, 3.05) is 0 Å². The van der Waals surface area contributed by atoms with Crippen molar-refractivity contribution in [1.82, 2.24) is 0 Å². The summed E-state index contributed by atoms with van der Waals surface area (Å²) in [5, 5.41) is 0.118. The lowest BCUT2D eigenvalue weighted by Gasteiger charge is -2.13. The first-order valence-corrected chi connectivity index (χ1v) is 6.29. The third-order valence-corrected chi connectivity index (χ3v) is 3.36. The fraction of sp³-hybridized carbons (Fsp3) is 0.200. The first-order valence-electron chi connectivity index (χ1n) is 5.91. The molecule has 1 unspecified atom stereocenters. The van der Waals surface area contributed by atoms with Crippen LogP contribution in [0.3, 0.4) is 0 Å². The zero-order valence-corrected chi connectivity index (χ0v) is 10.9. The third-order valence-electron chi connectivity index (χ3n) is 3.05. The molecule has 1 atom stereocenters. The van der Waals surface area contributed by atoms with Crippen LogP contribution in [0.1, 0.15) is 29.7 Å². The summed E-state index contributed by atoms with van der Waals surface area (Å²) in [6, 6.07) is 12.4. The fourth-order valence-electron chi connectivity index (χ4n) is 1.86. The second kappa shape index (κ2) is 5.51. The van der Waals surface area contributed by atoms with E-state index in [1.807, 2.05) is 24.3 Å². The first kappa shape index (κ1) is 13.1. The molecule has 0 saturated heterocycles. The lowest BCUT2D eigenvalue weighted by molar-refractivity contribution is 0.624. The Kier molecular flexibility index (Phi) is 4.00. The van der Waals surface area contributed by atoms with Crippen LogP contribution in [0.15, 0.2) is 42.5 Å². The van der Waals surface area contributed by atoms with Crippen LogP contribution in [-0.4, -0.2) is 0 Å². The van der Waals surface area contributed by atoms with Gasteiger partial charge >= 0.3 is 0 Å². The van der Waals surface area contributed by atoms with E-state index in [9.17, 15) is 4.39 Å². The van der Waals surface area contributed by atoms with Gasteiger partial charge in [-0.25, -0.2) is 4.39 Å². The van der Waals surface area contributed by atoms with Crippen LogP contribution in [0.2, 0.25) is 5.02 Å². The molecule has 0 amide bonds. The molecule has 0 saturated carbocycles. The van der Waals surface area contributed by atoms with E-state index in [1.165, 1.54) is 17.7 Å². The molecule has 0 aromatic heterocycles. The summed E-state index contributed by atoms with van der Waals surface area (Å²) < 4.78 is 13.4. The van der Waals surface area contributed by atoms with Gasteiger partial charge in [0.25, 0.3) is 0 Å². The van der Waals surface area contributed by atoms with Gasteiger partial charge in [0, 0.05) is 0 Å². The van der Waals surface area contributed by atoms with Gasteiger partial charge < -0.3 is 5.73 Å². The Morgan fingerprint density at radius 2 is 1.72 bits per heavy atom. The number of nitrogens with two attached hydrogens (primary N) is 1. The van der Waals surface area contributed by atoms with Crippen molar-refractivity contribution in [2.24, 2.45) is 5.73 Å². The molecular formula is C15H15ClFN. The van der Waals surface area contributed by atoms with Crippen LogP contribution in [0.25, 0.3) is 0 Å². The molecule has 2 aromatic rings. The number of aryl methyl sites for hydroxylation is 1. The van der Waals surface area contributed by atoms with Gasteiger partial charge in [-0.2, -0.15) is 0 Å². The average Bonchev–Trinajstić information content (AvgIpc) is 2.41. The highest BCUT2D eigenvalue weighted by Gasteiger charge is 2.11. The second-order valence-corrected chi connectivity index (χ2v) is 4.65. The van der Waals surface area contributed by atoms with Crippen molar-refractivity contribution in [3.05, 3.63) is 70.0 Å². The minimum atomic E-state index is -0.435. The van der Waals surface area contributed by atoms with Gasteiger partial charge in [0.05, 0.1) is 11.1 Å². The van der Waals surface area contributed by atoms with E-state index in [-0.39, 0.29) is 11.1 Å². The predicted octanol–water partition coefficient (Wildman–Crippen LogP) is 4.09. The highest BCUT2D eigenvalue weighted by atomic mass is 35.5. The monoisotopic (exact) mass is 263 g/mol. The Labute approximate surface area is 111 Å². The van der Waals surface area contributed by atoms with Crippen LogP contribution in [0.4, 0.5) is 4.39 Å². The molecule has 18 heavy (non-hydrogen) atoms. The van der Waals surface area contributed by atoms with Crippen molar-refractivity contribution < 1.29 is 4.39 Å². The first-order chi connectivity index (χ1) is 8.61. The number of rotatable bonds is 3. The number of benzene rings is 2. The molecule has 0 aliphatic rings. The van der Waals surface area contributed by atoms with Gasteiger partial charge in [-0.15, -0.1) is 0 Å². The van der Waals surface area contributed by atoms with Crippen LogP contribution in [0.5, 0.6) is 0 Å². The topological polar surface area (TPSA) is 26.0 Å². The Hall–Kier alpha value is -1.38. The minimum Gasteiger partial charge on any atom is -0.320 e. The molecule has 2 aromatic carbocycles. The van der Waals surface area contributed by atoms with Gasteiger partial charge in [0.1, 0.15) is 5.82 Å². The summed E-state index contributed by atoms with van der Waals surface area (Å²) in [6.45, 7) is 2.10. The molecule has 2 rings (SSSR count). The number of hydrogen-bond acceptors (Lipinski definition) is 1. The zero-order valence-electron chi connectivity index (χ0n) is 10.2. The molecule has 1 nitrogen and oxygen atoms in total. The van der Waals surface area contributed by atoms with Crippen molar-refractivity contribution in [3.63, 3.8) is 0 Å². The fourth-order valence-corrected chi connectivity index (χ4v) is 1.98. The third kappa shape index (κ3) is 2.71. The van der Waals surface area contributed by atoms with Crippen LogP contribution in [-0.2, 0) is 6.42 Å². The van der Waals surface area contributed by atoms with E-state index in [0.717, 1.165) is 17.5 Å². The molecule has 0 fully saturated rings. The Morgan fingerprint density at radius 1 is 1.11 bits per heavy atom. The van der Waals surface area contributed by atoms with Crippen molar-refractivity contribution >= 4 is 11.6 Å². The maximum absolute atomic E-state index is 13.4. The summed E-state index contributed by atoms with van der Waals surface area (Å²) in [7, 11) is 0. The number of hydrogen-bond donors (Lipinski definition) is 1. The van der Waals surface area contributed by atoms with Crippen LogP contribution < -0.4 is 5.73 Å². The molecule has 3 heteroatoms. The highest BCUT2D eigenvalue weighted by Crippen LogP contribution is 2.23. The maximum Gasteiger partial charge on any atom is 0.142 e. The van der Waals surface area contributed by atoms with Crippen molar-refractivity contribution in [2.45, 2.75) is 19.4 Å². The van der Waals surface area contributed by atoms with Crippen LogP contribution in [0, 0.1) is 5.82 Å². The molecule has 0 spiro atoms. The lowest BCUT2D eigenvalue weighted by atomic mass is 9.98. The smallest absolute Gasteiger partial charge is 0.142 e. The van der Waals surface area contributed by atoms with E-state index >= 15 is 0 Å². The quantitative estimate of drug-likeness (QED) is 0.887. The average molecular weight is 264 g/mol. The van der Waals surface area contributed by atoms with Gasteiger partial charge in [-0.1, -0.05) is 48.9 Å². The predicted molar refractivity (Wildman–Crippen MR) is 73.3 cm³/mol. The summed E-state index contributed by atoms with van der Waals surface area (Å²) in [4.78, 5) is 0. The molecule has 0 aliphatic carbocycles. The lowest BCUT2D eigenvalue weighted by Crippen LogP contribution is -2.12. The van der Waals surface area contributed by atoms with Gasteiger partial charge in [0.15, 0.2) is 0 Å². The van der Waals surface area contributed by atoms with Crippen molar-refractivity contribution in [1.29, 1.82) is 0 Å². The van der Waals surface area contributed by atoms with Gasteiger partial charge in [-0.3, -0.25) is 0 Å². The Bertz CT molecular complexity index is 537. The molecule has 0 bridgehead atoms. The van der Waals surface area contributed by atoms with E-state index in [0.29, 0.717) is 0 Å². The second-order valence-electron chi connectivity index (χ2n) is 4.25. The summed E-state index contributed by atoms with van der Waals surface area (Å²) in [5.74, 6) is -0.435. The summed E-state index contributed by atoms with van der Waals surface area (Å²) >= 11 is 5.66. The molecule has 0 radical (unpaired) electrons. The Morgan fingerprint density at radius 3 is 2.28 bits per heavy atom. The van der Waals surface area contributed by atoms with E-state index < -0.39 is 5.82 Å². The highest BCUT2D eigenvalue weighted by molar-refractivity contribution is 6.30. The minimum absolute atomic E-state index is 0.118. The van der Waals surface area contributed by atoms with Gasteiger partial charge in [-0.05, 0) is 35.2 Å².